The molecule has 22 heavy (non-hydrogen) atoms. The van der Waals surface area contributed by atoms with Crippen LogP contribution in [-0.4, -0.2) is 49.2 Å². The van der Waals surface area contributed by atoms with E-state index in [1.807, 2.05) is 13.8 Å². The number of hydrogen-bond acceptors (Lipinski definition) is 3. The molecule has 1 N–H and O–H groups in total. The Morgan fingerprint density at radius 1 is 1.32 bits per heavy atom. The fourth-order valence-electron chi connectivity index (χ4n) is 2.59. The molecule has 1 aromatic rings. The van der Waals surface area contributed by atoms with Crippen molar-refractivity contribution in [2.75, 3.05) is 26.2 Å². The van der Waals surface area contributed by atoms with Gasteiger partial charge in [-0.1, -0.05) is 11.6 Å². The van der Waals surface area contributed by atoms with E-state index in [-0.39, 0.29) is 22.8 Å². The van der Waals surface area contributed by atoms with Crippen molar-refractivity contribution in [3.05, 3.63) is 34.4 Å². The number of morpholine rings is 1. The van der Waals surface area contributed by atoms with Gasteiger partial charge < -0.3 is 10.1 Å². The van der Waals surface area contributed by atoms with Crippen molar-refractivity contribution >= 4 is 17.5 Å². The van der Waals surface area contributed by atoms with E-state index in [4.69, 9.17) is 16.3 Å². The summed E-state index contributed by atoms with van der Waals surface area (Å²) >= 11 is 5.77. The third-order valence-corrected chi connectivity index (χ3v) is 3.78. The van der Waals surface area contributed by atoms with Crippen molar-refractivity contribution in [1.29, 1.82) is 0 Å². The van der Waals surface area contributed by atoms with Crippen molar-refractivity contribution in [2.24, 2.45) is 0 Å². The van der Waals surface area contributed by atoms with E-state index in [1.54, 1.807) is 0 Å². The topological polar surface area (TPSA) is 41.6 Å². The van der Waals surface area contributed by atoms with Gasteiger partial charge in [-0.2, -0.15) is 0 Å². The van der Waals surface area contributed by atoms with Crippen molar-refractivity contribution in [3.8, 4) is 0 Å². The van der Waals surface area contributed by atoms with Crippen LogP contribution in [0.4, 0.5) is 8.78 Å². The van der Waals surface area contributed by atoms with E-state index < -0.39 is 17.5 Å². The highest BCUT2D eigenvalue weighted by atomic mass is 35.5. The molecule has 1 saturated heterocycles. The molecule has 0 saturated carbocycles. The molecule has 2 rings (SSSR count). The second-order valence-electron chi connectivity index (χ2n) is 5.52. The summed E-state index contributed by atoms with van der Waals surface area (Å²) in [5.41, 5.74) is -0.0655. The minimum absolute atomic E-state index is 0.0655. The summed E-state index contributed by atoms with van der Waals surface area (Å²) in [7, 11) is 0. The van der Waals surface area contributed by atoms with E-state index in [2.05, 4.69) is 10.2 Å². The number of halogens is 3. The number of carbonyl (C=O) groups is 1. The number of rotatable bonds is 4. The smallest absolute Gasteiger partial charge is 0.252 e. The lowest BCUT2D eigenvalue weighted by molar-refractivity contribution is -0.0672. The number of benzene rings is 1. The van der Waals surface area contributed by atoms with Crippen LogP contribution < -0.4 is 5.32 Å². The minimum Gasteiger partial charge on any atom is -0.373 e. The zero-order valence-corrected chi connectivity index (χ0v) is 13.3. The molecule has 0 aromatic heterocycles. The first-order valence-electron chi connectivity index (χ1n) is 7.17. The number of amides is 1. The van der Waals surface area contributed by atoms with Gasteiger partial charge in [-0.15, -0.1) is 0 Å². The van der Waals surface area contributed by atoms with Gasteiger partial charge in [0.2, 0.25) is 0 Å². The molecule has 4 nitrogen and oxygen atoms in total. The molecule has 2 unspecified atom stereocenters. The number of carbonyl (C=O) groups excluding carboxylic acids is 1. The largest absolute Gasteiger partial charge is 0.373 e. The Kier molecular flexibility index (Phi) is 5.72. The SMILES string of the molecule is CC1CN(CCNC(=O)c2cc(F)c(F)cc2Cl)CC(C)O1. The van der Waals surface area contributed by atoms with E-state index in [0.29, 0.717) is 13.1 Å². The summed E-state index contributed by atoms with van der Waals surface area (Å²) in [4.78, 5) is 14.2. The molecular weight excluding hydrogens is 314 g/mol. The number of nitrogens with one attached hydrogen (secondary N) is 1. The quantitative estimate of drug-likeness (QED) is 0.861. The molecule has 1 aliphatic rings. The third-order valence-electron chi connectivity index (χ3n) is 3.46. The van der Waals surface area contributed by atoms with E-state index >= 15 is 0 Å². The van der Waals surface area contributed by atoms with Crippen LogP contribution in [0.5, 0.6) is 0 Å². The van der Waals surface area contributed by atoms with Crippen LogP contribution in [0.3, 0.4) is 0 Å². The summed E-state index contributed by atoms with van der Waals surface area (Å²) in [6.07, 6.45) is 0.306. The van der Waals surface area contributed by atoms with E-state index in [0.717, 1.165) is 25.2 Å². The summed E-state index contributed by atoms with van der Waals surface area (Å²) in [6, 6.07) is 1.61. The van der Waals surface area contributed by atoms with Gasteiger partial charge in [0, 0.05) is 26.2 Å². The molecule has 1 fully saturated rings. The van der Waals surface area contributed by atoms with Gasteiger partial charge in [-0.3, -0.25) is 9.69 Å². The average molecular weight is 333 g/mol. The first-order valence-corrected chi connectivity index (χ1v) is 7.55. The number of ether oxygens (including phenoxy) is 1. The zero-order chi connectivity index (χ0) is 16.3. The molecule has 1 aromatic carbocycles. The van der Waals surface area contributed by atoms with Gasteiger partial charge in [0.25, 0.3) is 5.91 Å². The molecule has 1 heterocycles. The van der Waals surface area contributed by atoms with Crippen LogP contribution in [0.15, 0.2) is 12.1 Å². The van der Waals surface area contributed by atoms with Gasteiger partial charge in [-0.25, -0.2) is 8.78 Å². The first-order chi connectivity index (χ1) is 10.4. The molecule has 0 spiro atoms. The van der Waals surface area contributed by atoms with Gasteiger partial charge in [0.15, 0.2) is 11.6 Å². The average Bonchev–Trinajstić information content (AvgIpc) is 2.41. The van der Waals surface area contributed by atoms with Crippen LogP contribution in [0.2, 0.25) is 5.02 Å². The Morgan fingerprint density at radius 3 is 2.55 bits per heavy atom. The van der Waals surface area contributed by atoms with Gasteiger partial charge in [0.1, 0.15) is 0 Å². The summed E-state index contributed by atoms with van der Waals surface area (Å²) in [6.45, 7) is 6.65. The highest BCUT2D eigenvalue weighted by molar-refractivity contribution is 6.33. The van der Waals surface area contributed by atoms with E-state index in [1.165, 1.54) is 0 Å². The first kappa shape index (κ1) is 17.1. The molecule has 7 heteroatoms. The van der Waals surface area contributed by atoms with Gasteiger partial charge >= 0.3 is 0 Å². The fraction of sp³-hybridized carbons (Fsp3) is 0.533. The molecular formula is C15H19ClF2N2O2. The van der Waals surface area contributed by atoms with E-state index in [9.17, 15) is 13.6 Å². The fourth-order valence-corrected chi connectivity index (χ4v) is 2.82. The Labute approximate surface area is 133 Å². The lowest BCUT2D eigenvalue weighted by Gasteiger charge is -2.35. The van der Waals surface area contributed by atoms with Crippen molar-refractivity contribution in [1.82, 2.24) is 10.2 Å². The molecule has 0 bridgehead atoms. The Bertz CT molecular complexity index is 547. The predicted molar refractivity (Wildman–Crippen MR) is 80.2 cm³/mol. The monoisotopic (exact) mass is 332 g/mol. The lowest BCUT2D eigenvalue weighted by Crippen LogP contribution is -2.47. The highest BCUT2D eigenvalue weighted by Crippen LogP contribution is 2.19. The molecule has 122 valence electrons. The molecule has 1 aliphatic heterocycles. The number of hydrogen-bond donors (Lipinski definition) is 1. The maximum atomic E-state index is 13.2. The maximum absolute atomic E-state index is 13.2. The lowest BCUT2D eigenvalue weighted by atomic mass is 10.2. The standard InChI is InChI=1S/C15H19ClF2N2O2/c1-9-7-20(8-10(2)22-9)4-3-19-15(21)11-5-13(17)14(18)6-12(11)16/h5-6,9-10H,3-4,7-8H2,1-2H3,(H,19,21). The minimum atomic E-state index is -1.09. The third kappa shape index (κ3) is 4.38. The molecule has 0 radical (unpaired) electrons. The summed E-state index contributed by atoms with van der Waals surface area (Å²) in [5.74, 6) is -2.68. The van der Waals surface area contributed by atoms with Crippen LogP contribution >= 0.6 is 11.6 Å². The van der Waals surface area contributed by atoms with Gasteiger partial charge in [-0.05, 0) is 26.0 Å². The van der Waals surface area contributed by atoms with Crippen LogP contribution in [0.1, 0.15) is 24.2 Å². The normalized spacial score (nSPS) is 22.6. The Balaban J connectivity index is 1.87. The van der Waals surface area contributed by atoms with Crippen LogP contribution in [-0.2, 0) is 4.74 Å². The Morgan fingerprint density at radius 2 is 1.91 bits per heavy atom. The van der Waals surface area contributed by atoms with Crippen molar-refractivity contribution in [2.45, 2.75) is 26.1 Å². The Hall–Kier alpha value is -1.24. The van der Waals surface area contributed by atoms with Gasteiger partial charge in [0.05, 0.1) is 22.8 Å². The van der Waals surface area contributed by atoms with Crippen LogP contribution in [0, 0.1) is 11.6 Å². The molecule has 0 aliphatic carbocycles. The highest BCUT2D eigenvalue weighted by Gasteiger charge is 2.22. The van der Waals surface area contributed by atoms with Crippen molar-refractivity contribution < 1.29 is 18.3 Å². The molecule has 2 atom stereocenters. The summed E-state index contributed by atoms with van der Waals surface area (Å²) in [5, 5.41) is 2.56. The zero-order valence-electron chi connectivity index (χ0n) is 12.5. The molecule has 1 amide bonds. The van der Waals surface area contributed by atoms with Crippen molar-refractivity contribution in [3.63, 3.8) is 0 Å². The summed E-state index contributed by atoms with van der Waals surface area (Å²) < 4.78 is 31.8. The van der Waals surface area contributed by atoms with Crippen LogP contribution in [0.25, 0.3) is 0 Å². The predicted octanol–water partition coefficient (Wildman–Crippen LogP) is 2.46. The second-order valence-corrected chi connectivity index (χ2v) is 5.93. The second kappa shape index (κ2) is 7.35. The maximum Gasteiger partial charge on any atom is 0.252 e. The number of nitrogens with zero attached hydrogens (tertiary/aromatic N) is 1.